The molecule has 2 aromatic rings. The highest BCUT2D eigenvalue weighted by molar-refractivity contribution is 5.33. The number of benzene rings is 1. The van der Waals surface area contributed by atoms with Gasteiger partial charge in [-0.15, -0.1) is 0 Å². The van der Waals surface area contributed by atoms with E-state index in [0.717, 1.165) is 36.8 Å². The summed E-state index contributed by atoms with van der Waals surface area (Å²) in [5.41, 5.74) is 0.872. The molecule has 1 aliphatic carbocycles. The van der Waals surface area contributed by atoms with Crippen LogP contribution in [0.15, 0.2) is 24.3 Å². The average molecular weight is 287 g/mol. The third-order valence-corrected chi connectivity index (χ3v) is 4.19. The molecule has 1 aromatic carbocycles. The van der Waals surface area contributed by atoms with E-state index in [9.17, 15) is 4.39 Å². The Morgan fingerprint density at radius 3 is 2.57 bits per heavy atom. The molecule has 0 N–H and O–H groups in total. The van der Waals surface area contributed by atoms with Crippen molar-refractivity contribution in [3.8, 4) is 5.69 Å². The molecule has 2 fully saturated rings. The van der Waals surface area contributed by atoms with Crippen LogP contribution in [-0.4, -0.2) is 28.0 Å². The number of hydrogen-bond acceptors (Lipinski definition) is 3. The molecule has 4 nitrogen and oxygen atoms in total. The first kappa shape index (κ1) is 13.0. The van der Waals surface area contributed by atoms with Gasteiger partial charge in [-0.1, -0.05) is 0 Å². The lowest BCUT2D eigenvalue weighted by Gasteiger charge is -2.21. The second-order valence-corrected chi connectivity index (χ2v) is 5.90. The Labute approximate surface area is 123 Å². The van der Waals surface area contributed by atoms with Crippen molar-refractivity contribution in [1.29, 1.82) is 0 Å². The predicted molar refractivity (Wildman–Crippen MR) is 76.1 cm³/mol. The minimum atomic E-state index is -0.233. The summed E-state index contributed by atoms with van der Waals surface area (Å²) in [5, 5.41) is 4.67. The summed E-state index contributed by atoms with van der Waals surface area (Å²) in [7, 11) is 0. The highest BCUT2D eigenvalue weighted by Gasteiger charge is 2.31. The fourth-order valence-corrected chi connectivity index (χ4v) is 2.84. The van der Waals surface area contributed by atoms with Crippen molar-refractivity contribution in [2.24, 2.45) is 0 Å². The first-order valence-electron chi connectivity index (χ1n) is 7.62. The van der Waals surface area contributed by atoms with Crippen molar-refractivity contribution in [3.63, 3.8) is 0 Å². The zero-order valence-corrected chi connectivity index (χ0v) is 11.8. The van der Waals surface area contributed by atoms with Crippen LogP contribution < -0.4 is 0 Å². The van der Waals surface area contributed by atoms with Crippen LogP contribution in [0.5, 0.6) is 0 Å². The quantitative estimate of drug-likeness (QED) is 0.870. The largest absolute Gasteiger partial charge is 0.381 e. The Morgan fingerprint density at radius 1 is 1.10 bits per heavy atom. The van der Waals surface area contributed by atoms with Crippen molar-refractivity contribution in [2.45, 2.75) is 37.5 Å². The molecule has 4 rings (SSSR count). The molecule has 21 heavy (non-hydrogen) atoms. The molecule has 0 radical (unpaired) electrons. The van der Waals surface area contributed by atoms with Crippen LogP contribution in [0.1, 0.15) is 49.2 Å². The van der Waals surface area contributed by atoms with E-state index in [1.807, 2.05) is 4.68 Å². The predicted octanol–water partition coefficient (Wildman–Crippen LogP) is 3.18. The third-order valence-electron chi connectivity index (χ3n) is 4.19. The summed E-state index contributed by atoms with van der Waals surface area (Å²) < 4.78 is 20.6. The van der Waals surface area contributed by atoms with E-state index in [2.05, 4.69) is 5.10 Å². The van der Waals surface area contributed by atoms with Gasteiger partial charge in [0.05, 0.1) is 12.3 Å². The van der Waals surface area contributed by atoms with Crippen LogP contribution in [0, 0.1) is 5.82 Å². The van der Waals surface area contributed by atoms with Crippen LogP contribution in [0.2, 0.25) is 0 Å². The maximum atomic E-state index is 13.1. The van der Waals surface area contributed by atoms with E-state index in [1.165, 1.54) is 25.0 Å². The van der Waals surface area contributed by atoms with Gasteiger partial charge in [0, 0.05) is 18.4 Å². The molecule has 1 saturated heterocycles. The Morgan fingerprint density at radius 2 is 1.90 bits per heavy atom. The molecule has 1 saturated carbocycles. The lowest BCUT2D eigenvalue weighted by molar-refractivity contribution is 0.0774. The number of halogens is 1. The minimum Gasteiger partial charge on any atom is -0.381 e. The van der Waals surface area contributed by atoms with Crippen molar-refractivity contribution < 1.29 is 9.13 Å². The fourth-order valence-electron chi connectivity index (χ4n) is 2.84. The molecule has 1 atom stereocenters. The highest BCUT2D eigenvalue weighted by Crippen LogP contribution is 2.39. The molecular weight excluding hydrogens is 269 g/mol. The van der Waals surface area contributed by atoms with E-state index >= 15 is 0 Å². The lowest BCUT2D eigenvalue weighted by Crippen LogP contribution is -2.19. The molecule has 0 amide bonds. The van der Waals surface area contributed by atoms with Gasteiger partial charge in [0.2, 0.25) is 0 Å². The first-order chi connectivity index (χ1) is 10.3. The maximum Gasteiger partial charge on any atom is 0.154 e. The second-order valence-electron chi connectivity index (χ2n) is 5.90. The van der Waals surface area contributed by atoms with Crippen LogP contribution >= 0.6 is 0 Å². The summed E-state index contributed by atoms with van der Waals surface area (Å²) in [5.74, 6) is 2.45. The van der Waals surface area contributed by atoms with Gasteiger partial charge in [0.1, 0.15) is 11.6 Å². The van der Waals surface area contributed by atoms with Crippen molar-refractivity contribution in [3.05, 3.63) is 41.7 Å². The van der Waals surface area contributed by atoms with Gasteiger partial charge in [-0.25, -0.2) is 14.1 Å². The SMILES string of the molecule is Fc1ccc(-n2nc(C3CC3)nc2C2CCCOC2)cc1. The molecule has 5 heteroatoms. The topological polar surface area (TPSA) is 39.9 Å². The summed E-state index contributed by atoms with van der Waals surface area (Å²) in [6, 6.07) is 6.45. The van der Waals surface area contributed by atoms with E-state index in [-0.39, 0.29) is 11.7 Å². The Bertz CT molecular complexity index is 627. The number of nitrogens with zero attached hydrogens (tertiary/aromatic N) is 3. The Kier molecular flexibility index (Phi) is 3.22. The Hall–Kier alpha value is -1.75. The smallest absolute Gasteiger partial charge is 0.154 e. The van der Waals surface area contributed by atoms with Gasteiger partial charge in [0.15, 0.2) is 5.82 Å². The van der Waals surface area contributed by atoms with E-state index in [4.69, 9.17) is 9.72 Å². The molecule has 1 aromatic heterocycles. The maximum absolute atomic E-state index is 13.1. The van der Waals surface area contributed by atoms with Gasteiger partial charge < -0.3 is 4.74 Å². The number of hydrogen-bond donors (Lipinski definition) is 0. The van der Waals surface area contributed by atoms with Gasteiger partial charge in [-0.2, -0.15) is 5.10 Å². The van der Waals surface area contributed by atoms with Crippen molar-refractivity contribution in [1.82, 2.24) is 14.8 Å². The summed E-state index contributed by atoms with van der Waals surface area (Å²) in [6.07, 6.45) is 4.48. The standard InChI is InChI=1S/C16H18FN3O/c17-13-5-7-14(8-6-13)20-16(12-2-1-9-21-10-12)18-15(19-20)11-3-4-11/h5-8,11-12H,1-4,9-10H2. The molecule has 1 unspecified atom stereocenters. The number of aromatic nitrogens is 3. The summed E-state index contributed by atoms with van der Waals surface area (Å²) in [6.45, 7) is 1.53. The first-order valence-corrected chi connectivity index (χ1v) is 7.62. The van der Waals surface area contributed by atoms with Crippen LogP contribution in [0.3, 0.4) is 0 Å². The zero-order valence-electron chi connectivity index (χ0n) is 11.8. The van der Waals surface area contributed by atoms with E-state index in [1.54, 1.807) is 12.1 Å². The summed E-state index contributed by atoms with van der Waals surface area (Å²) >= 11 is 0. The molecule has 0 spiro atoms. The molecule has 110 valence electrons. The number of rotatable bonds is 3. The monoisotopic (exact) mass is 287 g/mol. The lowest BCUT2D eigenvalue weighted by atomic mass is 10.0. The molecule has 0 bridgehead atoms. The fraction of sp³-hybridized carbons (Fsp3) is 0.500. The van der Waals surface area contributed by atoms with Crippen molar-refractivity contribution >= 4 is 0 Å². The van der Waals surface area contributed by atoms with Gasteiger partial charge >= 0.3 is 0 Å². The average Bonchev–Trinajstić information content (AvgIpc) is 3.28. The molecular formula is C16H18FN3O. The Balaban J connectivity index is 1.74. The van der Waals surface area contributed by atoms with Gasteiger partial charge in [0.25, 0.3) is 0 Å². The zero-order chi connectivity index (χ0) is 14.2. The number of ether oxygens (including phenoxy) is 1. The molecule has 2 heterocycles. The van der Waals surface area contributed by atoms with E-state index < -0.39 is 0 Å². The van der Waals surface area contributed by atoms with Crippen LogP contribution in [-0.2, 0) is 4.74 Å². The van der Waals surface area contributed by atoms with Gasteiger partial charge in [-0.05, 0) is 49.9 Å². The van der Waals surface area contributed by atoms with Crippen LogP contribution in [0.4, 0.5) is 4.39 Å². The van der Waals surface area contributed by atoms with Gasteiger partial charge in [-0.3, -0.25) is 0 Å². The van der Waals surface area contributed by atoms with Crippen LogP contribution in [0.25, 0.3) is 5.69 Å². The normalized spacial score (nSPS) is 22.4. The second kappa shape index (κ2) is 5.22. The summed E-state index contributed by atoms with van der Waals surface area (Å²) in [4.78, 5) is 4.77. The highest BCUT2D eigenvalue weighted by atomic mass is 19.1. The van der Waals surface area contributed by atoms with E-state index in [0.29, 0.717) is 12.5 Å². The molecule has 1 aliphatic heterocycles. The van der Waals surface area contributed by atoms with Crippen molar-refractivity contribution in [2.75, 3.05) is 13.2 Å². The molecule has 2 aliphatic rings. The minimum absolute atomic E-state index is 0.233. The third kappa shape index (κ3) is 2.58.